The lowest BCUT2D eigenvalue weighted by molar-refractivity contribution is 0.243. The van der Waals surface area contributed by atoms with Crippen molar-refractivity contribution >= 4 is 0 Å². The molecule has 2 atom stereocenters. The summed E-state index contributed by atoms with van der Waals surface area (Å²) in [5, 5.41) is 0. The van der Waals surface area contributed by atoms with Gasteiger partial charge in [-0.1, -0.05) is 40.2 Å². The Balaban J connectivity index is 2.43. The highest BCUT2D eigenvalue weighted by Crippen LogP contribution is 2.48. The lowest BCUT2D eigenvalue weighted by atomic mass is 9.73. The molecule has 0 bridgehead atoms. The number of pyridine rings is 1. The van der Waals surface area contributed by atoms with E-state index in [4.69, 9.17) is 0 Å². The minimum atomic E-state index is 0.334. The van der Waals surface area contributed by atoms with Crippen LogP contribution in [0.5, 0.6) is 0 Å². The molecule has 0 fully saturated rings. The molecular weight excluding hydrogens is 182 g/mol. The molecule has 0 spiro atoms. The molecule has 1 aliphatic rings. The van der Waals surface area contributed by atoms with E-state index in [1.54, 1.807) is 0 Å². The maximum absolute atomic E-state index is 4.61. The van der Waals surface area contributed by atoms with E-state index in [9.17, 15) is 0 Å². The van der Waals surface area contributed by atoms with E-state index in [1.165, 1.54) is 24.1 Å². The number of nitrogens with zero attached hydrogens (tertiary/aromatic N) is 1. The van der Waals surface area contributed by atoms with Crippen molar-refractivity contribution in [3.8, 4) is 0 Å². The third-order valence-electron chi connectivity index (χ3n) is 3.63. The fraction of sp³-hybridized carbons (Fsp3) is 0.643. The molecule has 1 aromatic rings. The van der Waals surface area contributed by atoms with Gasteiger partial charge in [-0.25, -0.2) is 0 Å². The van der Waals surface area contributed by atoms with Crippen LogP contribution in [-0.2, 0) is 6.42 Å². The Bertz CT molecular complexity index is 349. The molecule has 82 valence electrons. The third-order valence-corrected chi connectivity index (χ3v) is 3.63. The predicted molar refractivity (Wildman–Crippen MR) is 63.9 cm³/mol. The molecule has 1 aromatic heterocycles. The van der Waals surface area contributed by atoms with E-state index in [-0.39, 0.29) is 0 Å². The van der Waals surface area contributed by atoms with Crippen LogP contribution in [0.4, 0.5) is 0 Å². The van der Waals surface area contributed by atoms with Gasteiger partial charge in [0.05, 0.1) is 0 Å². The van der Waals surface area contributed by atoms with Crippen molar-refractivity contribution < 1.29 is 0 Å². The largest absolute Gasteiger partial charge is 0.261 e. The van der Waals surface area contributed by atoms with Gasteiger partial charge in [-0.15, -0.1) is 0 Å². The fourth-order valence-electron chi connectivity index (χ4n) is 3.02. The molecule has 0 saturated heterocycles. The van der Waals surface area contributed by atoms with Crippen molar-refractivity contribution in [2.24, 2.45) is 11.3 Å². The zero-order chi connectivity index (χ0) is 11.1. The standard InChI is InChI=1S/C14H21N/c1-5-10-9-11-7-6-8-15-13(11)12(10)14(2,3)4/h6-8,10,12H,5,9H2,1-4H3. The van der Waals surface area contributed by atoms with E-state index in [0.29, 0.717) is 11.3 Å². The Morgan fingerprint density at radius 1 is 1.40 bits per heavy atom. The number of hydrogen-bond acceptors (Lipinski definition) is 1. The molecule has 0 radical (unpaired) electrons. The van der Waals surface area contributed by atoms with Gasteiger partial charge in [0.15, 0.2) is 0 Å². The Morgan fingerprint density at radius 3 is 2.73 bits per heavy atom. The van der Waals surface area contributed by atoms with Crippen LogP contribution in [0.2, 0.25) is 0 Å². The number of hydrogen-bond donors (Lipinski definition) is 0. The summed E-state index contributed by atoms with van der Waals surface area (Å²) < 4.78 is 0. The molecule has 1 aliphatic carbocycles. The molecule has 1 heterocycles. The van der Waals surface area contributed by atoms with Crippen LogP contribution in [0.1, 0.15) is 51.3 Å². The predicted octanol–water partition coefficient (Wildman–Crippen LogP) is 3.79. The highest BCUT2D eigenvalue weighted by molar-refractivity contribution is 5.31. The molecule has 0 aromatic carbocycles. The van der Waals surface area contributed by atoms with E-state index < -0.39 is 0 Å². The van der Waals surface area contributed by atoms with Crippen LogP contribution in [-0.4, -0.2) is 4.98 Å². The smallest absolute Gasteiger partial charge is 0.0474 e. The van der Waals surface area contributed by atoms with Crippen LogP contribution < -0.4 is 0 Å². The summed E-state index contributed by atoms with van der Waals surface area (Å²) in [6.45, 7) is 9.31. The molecule has 0 aliphatic heterocycles. The maximum Gasteiger partial charge on any atom is 0.0474 e. The number of aromatic nitrogens is 1. The summed E-state index contributed by atoms with van der Waals surface area (Å²) in [5.41, 5.74) is 3.17. The van der Waals surface area contributed by atoms with Crippen LogP contribution in [0, 0.1) is 11.3 Å². The van der Waals surface area contributed by atoms with E-state index >= 15 is 0 Å². The first kappa shape index (κ1) is 10.7. The van der Waals surface area contributed by atoms with Gasteiger partial charge in [-0.05, 0) is 29.4 Å². The number of rotatable bonds is 1. The minimum Gasteiger partial charge on any atom is -0.261 e. The average molecular weight is 203 g/mol. The summed E-state index contributed by atoms with van der Waals surface area (Å²) in [6.07, 6.45) is 4.43. The first-order valence-corrected chi connectivity index (χ1v) is 5.97. The zero-order valence-electron chi connectivity index (χ0n) is 10.2. The average Bonchev–Trinajstić information content (AvgIpc) is 2.54. The fourth-order valence-corrected chi connectivity index (χ4v) is 3.02. The van der Waals surface area contributed by atoms with Crippen molar-refractivity contribution in [2.45, 2.75) is 46.5 Å². The highest BCUT2D eigenvalue weighted by atomic mass is 14.7. The molecular formula is C14H21N. The Hall–Kier alpha value is -0.850. The van der Waals surface area contributed by atoms with Gasteiger partial charge < -0.3 is 0 Å². The topological polar surface area (TPSA) is 12.9 Å². The third kappa shape index (κ3) is 1.80. The summed E-state index contributed by atoms with van der Waals surface area (Å²) >= 11 is 0. The van der Waals surface area contributed by atoms with Crippen LogP contribution >= 0.6 is 0 Å². The Morgan fingerprint density at radius 2 is 2.13 bits per heavy atom. The number of fused-ring (bicyclic) bond motifs is 1. The summed E-state index contributed by atoms with van der Waals surface area (Å²) in [5.74, 6) is 1.42. The van der Waals surface area contributed by atoms with Crippen molar-refractivity contribution in [2.75, 3.05) is 0 Å². The SMILES string of the molecule is CCC1Cc2cccnc2C1C(C)(C)C. The normalized spacial score (nSPS) is 25.3. The molecule has 0 N–H and O–H groups in total. The second kappa shape index (κ2) is 3.62. The highest BCUT2D eigenvalue weighted by Gasteiger charge is 2.39. The summed E-state index contributed by atoms with van der Waals surface area (Å²) in [7, 11) is 0. The van der Waals surface area contributed by atoms with E-state index in [2.05, 4.69) is 44.8 Å². The van der Waals surface area contributed by atoms with Gasteiger partial charge in [0, 0.05) is 17.8 Å². The first-order valence-electron chi connectivity index (χ1n) is 5.97. The zero-order valence-corrected chi connectivity index (χ0v) is 10.2. The second-order valence-electron chi connectivity index (χ2n) is 5.76. The van der Waals surface area contributed by atoms with Gasteiger partial charge in [0.1, 0.15) is 0 Å². The Labute approximate surface area is 92.9 Å². The van der Waals surface area contributed by atoms with Crippen molar-refractivity contribution in [3.05, 3.63) is 29.6 Å². The second-order valence-corrected chi connectivity index (χ2v) is 5.76. The molecule has 1 heteroatoms. The molecule has 2 rings (SSSR count). The van der Waals surface area contributed by atoms with Gasteiger partial charge >= 0.3 is 0 Å². The lowest BCUT2D eigenvalue weighted by Crippen LogP contribution is -2.23. The van der Waals surface area contributed by atoms with Gasteiger partial charge in [-0.3, -0.25) is 4.98 Å². The Kier molecular flexibility index (Phi) is 2.57. The first-order chi connectivity index (χ1) is 7.04. The molecule has 2 unspecified atom stereocenters. The quantitative estimate of drug-likeness (QED) is 0.676. The van der Waals surface area contributed by atoms with Crippen LogP contribution in [0.3, 0.4) is 0 Å². The van der Waals surface area contributed by atoms with Crippen LogP contribution in [0.15, 0.2) is 18.3 Å². The molecule has 0 saturated carbocycles. The molecule has 15 heavy (non-hydrogen) atoms. The molecule has 0 amide bonds. The van der Waals surface area contributed by atoms with Gasteiger partial charge in [0.25, 0.3) is 0 Å². The lowest BCUT2D eigenvalue weighted by Gasteiger charge is -2.31. The van der Waals surface area contributed by atoms with E-state index in [0.717, 1.165) is 5.92 Å². The van der Waals surface area contributed by atoms with Crippen molar-refractivity contribution in [3.63, 3.8) is 0 Å². The van der Waals surface area contributed by atoms with Crippen LogP contribution in [0.25, 0.3) is 0 Å². The van der Waals surface area contributed by atoms with Crippen molar-refractivity contribution in [1.29, 1.82) is 0 Å². The maximum atomic E-state index is 4.61. The minimum absolute atomic E-state index is 0.334. The van der Waals surface area contributed by atoms with Gasteiger partial charge in [-0.2, -0.15) is 0 Å². The van der Waals surface area contributed by atoms with Crippen molar-refractivity contribution in [1.82, 2.24) is 4.98 Å². The summed E-state index contributed by atoms with van der Waals surface area (Å²) in [6, 6.07) is 4.31. The van der Waals surface area contributed by atoms with Gasteiger partial charge in [0.2, 0.25) is 0 Å². The molecule has 1 nitrogen and oxygen atoms in total. The monoisotopic (exact) mass is 203 g/mol. The van der Waals surface area contributed by atoms with E-state index in [1.807, 2.05) is 6.20 Å². The summed E-state index contributed by atoms with van der Waals surface area (Å²) in [4.78, 5) is 4.61.